The van der Waals surface area contributed by atoms with Crippen LogP contribution < -0.4 is 4.74 Å². The number of carbonyl (C=O) groups is 1. The second-order valence-corrected chi connectivity index (χ2v) is 10.5. The van der Waals surface area contributed by atoms with E-state index in [-0.39, 0.29) is 18.6 Å². The van der Waals surface area contributed by atoms with Crippen molar-refractivity contribution >= 4 is 15.9 Å². The molecule has 1 aromatic rings. The summed E-state index contributed by atoms with van der Waals surface area (Å²) in [6.07, 6.45) is 6.50. The Morgan fingerprint density at radius 3 is 2.63 bits per heavy atom. The van der Waals surface area contributed by atoms with Crippen LogP contribution in [0.15, 0.2) is 24.3 Å². The van der Waals surface area contributed by atoms with Gasteiger partial charge in [-0.15, -0.1) is 0 Å². The quantitative estimate of drug-likeness (QED) is 0.623. The summed E-state index contributed by atoms with van der Waals surface area (Å²) in [5.41, 5.74) is 1.08. The predicted octanol–water partition coefficient (Wildman–Crippen LogP) is 2.11. The van der Waals surface area contributed by atoms with Gasteiger partial charge in [-0.1, -0.05) is 18.6 Å². The first-order valence-electron chi connectivity index (χ1n) is 11.0. The first-order chi connectivity index (χ1) is 14.3. The Balaban J connectivity index is 1.56. The van der Waals surface area contributed by atoms with E-state index in [1.807, 2.05) is 31.2 Å². The minimum Gasteiger partial charge on any atom is -0.484 e. The fourth-order valence-electron chi connectivity index (χ4n) is 4.40. The molecule has 0 radical (unpaired) electrons. The van der Waals surface area contributed by atoms with Crippen LogP contribution in [-0.2, 0) is 14.8 Å². The van der Waals surface area contributed by atoms with Gasteiger partial charge in [0.15, 0.2) is 6.61 Å². The van der Waals surface area contributed by atoms with E-state index in [0.29, 0.717) is 25.4 Å². The number of amides is 1. The lowest BCUT2D eigenvalue weighted by molar-refractivity contribution is -0.135. The van der Waals surface area contributed by atoms with Crippen LogP contribution >= 0.6 is 0 Å². The van der Waals surface area contributed by atoms with Crippen molar-refractivity contribution < 1.29 is 17.9 Å². The Kier molecular flexibility index (Phi) is 8.13. The standard InChI is InChI=1S/C22H35N3O4S/c1-19-8-6-10-21(16-19)29-18-22(26)24-13-7-9-20(17-24)25(30(2,27)28)15-14-23-11-4-3-5-12-23/h6,8,10,16,20H,3-5,7,9,11-15,17-18H2,1-2H3. The zero-order chi connectivity index (χ0) is 21.6. The third-order valence-electron chi connectivity index (χ3n) is 6.02. The molecule has 168 valence electrons. The van der Waals surface area contributed by atoms with Crippen molar-refractivity contribution in [2.24, 2.45) is 0 Å². The van der Waals surface area contributed by atoms with Crippen molar-refractivity contribution in [3.8, 4) is 5.75 Å². The van der Waals surface area contributed by atoms with Crippen LogP contribution in [0.1, 0.15) is 37.7 Å². The van der Waals surface area contributed by atoms with E-state index >= 15 is 0 Å². The third-order valence-corrected chi connectivity index (χ3v) is 7.35. The first-order valence-corrected chi connectivity index (χ1v) is 12.8. The summed E-state index contributed by atoms with van der Waals surface area (Å²) in [5.74, 6) is 0.585. The molecule has 0 spiro atoms. The second-order valence-electron chi connectivity index (χ2n) is 8.52. The average Bonchev–Trinajstić information content (AvgIpc) is 2.72. The van der Waals surface area contributed by atoms with Gasteiger partial charge in [0.1, 0.15) is 5.75 Å². The lowest BCUT2D eigenvalue weighted by Crippen LogP contribution is -2.53. The molecule has 1 amide bonds. The summed E-state index contributed by atoms with van der Waals surface area (Å²) in [7, 11) is -3.34. The number of hydrogen-bond acceptors (Lipinski definition) is 5. The molecule has 0 N–H and O–H groups in total. The summed E-state index contributed by atoms with van der Waals surface area (Å²) < 4.78 is 32.3. The molecular formula is C22H35N3O4S. The third kappa shape index (κ3) is 6.68. The molecule has 0 bridgehead atoms. The largest absolute Gasteiger partial charge is 0.484 e. The maximum absolute atomic E-state index is 12.7. The van der Waals surface area contributed by atoms with Crippen molar-refractivity contribution in [2.45, 2.75) is 45.1 Å². The Hall–Kier alpha value is -1.64. The molecule has 0 aliphatic carbocycles. The number of carbonyl (C=O) groups excluding carboxylic acids is 1. The summed E-state index contributed by atoms with van der Waals surface area (Å²) >= 11 is 0. The Morgan fingerprint density at radius 1 is 1.17 bits per heavy atom. The molecule has 2 heterocycles. The van der Waals surface area contributed by atoms with Crippen molar-refractivity contribution in [3.05, 3.63) is 29.8 Å². The average molecular weight is 438 g/mol. The minimum atomic E-state index is -3.34. The molecule has 0 saturated carbocycles. The fraction of sp³-hybridized carbons (Fsp3) is 0.682. The highest BCUT2D eigenvalue weighted by Crippen LogP contribution is 2.20. The van der Waals surface area contributed by atoms with Crippen LogP contribution in [-0.4, -0.2) is 86.6 Å². The molecule has 2 fully saturated rings. The molecule has 1 atom stereocenters. The lowest BCUT2D eigenvalue weighted by Gasteiger charge is -2.39. The number of likely N-dealkylation sites (tertiary alicyclic amines) is 2. The van der Waals surface area contributed by atoms with Gasteiger partial charge < -0.3 is 14.5 Å². The number of piperidine rings is 2. The Labute approximate surface area is 181 Å². The number of sulfonamides is 1. The van der Waals surface area contributed by atoms with Crippen LogP contribution in [0.25, 0.3) is 0 Å². The Morgan fingerprint density at radius 2 is 1.93 bits per heavy atom. The number of rotatable bonds is 8. The molecule has 2 aliphatic heterocycles. The molecule has 8 heteroatoms. The molecule has 30 heavy (non-hydrogen) atoms. The second kappa shape index (κ2) is 10.6. The summed E-state index contributed by atoms with van der Waals surface area (Å²) in [6.45, 7) is 6.38. The number of aryl methyl sites for hydroxylation is 1. The highest BCUT2D eigenvalue weighted by Gasteiger charge is 2.32. The monoisotopic (exact) mass is 437 g/mol. The molecule has 7 nitrogen and oxygen atoms in total. The van der Waals surface area contributed by atoms with Crippen molar-refractivity contribution in [3.63, 3.8) is 0 Å². The summed E-state index contributed by atoms with van der Waals surface area (Å²) in [4.78, 5) is 16.8. The van der Waals surface area contributed by atoms with E-state index in [9.17, 15) is 13.2 Å². The van der Waals surface area contributed by atoms with Crippen molar-refractivity contribution in [1.29, 1.82) is 0 Å². The van der Waals surface area contributed by atoms with E-state index in [2.05, 4.69) is 4.90 Å². The molecule has 0 aromatic heterocycles. The smallest absolute Gasteiger partial charge is 0.260 e. The molecule has 2 saturated heterocycles. The zero-order valence-corrected chi connectivity index (χ0v) is 19.1. The fourth-order valence-corrected chi connectivity index (χ4v) is 5.53. The van der Waals surface area contributed by atoms with Gasteiger partial charge in [0.05, 0.1) is 6.26 Å². The summed E-state index contributed by atoms with van der Waals surface area (Å²) in [6, 6.07) is 7.46. The van der Waals surface area contributed by atoms with Crippen LogP contribution in [0.5, 0.6) is 5.75 Å². The molecule has 2 aliphatic rings. The Bertz CT molecular complexity index is 808. The van der Waals surface area contributed by atoms with Gasteiger partial charge in [0, 0.05) is 32.2 Å². The lowest BCUT2D eigenvalue weighted by atomic mass is 10.1. The van der Waals surface area contributed by atoms with Gasteiger partial charge in [-0.3, -0.25) is 4.79 Å². The molecule has 1 aromatic carbocycles. The van der Waals surface area contributed by atoms with Crippen LogP contribution in [0.4, 0.5) is 0 Å². The van der Waals surface area contributed by atoms with Gasteiger partial charge in [0.2, 0.25) is 10.0 Å². The topological polar surface area (TPSA) is 70.2 Å². The SMILES string of the molecule is Cc1cccc(OCC(=O)N2CCCC(N(CCN3CCCCC3)S(C)(=O)=O)C2)c1. The highest BCUT2D eigenvalue weighted by molar-refractivity contribution is 7.88. The minimum absolute atomic E-state index is 0.0250. The molecule has 1 unspecified atom stereocenters. The van der Waals surface area contributed by atoms with Gasteiger partial charge in [-0.2, -0.15) is 4.31 Å². The van der Waals surface area contributed by atoms with E-state index in [0.717, 1.165) is 38.0 Å². The van der Waals surface area contributed by atoms with E-state index in [4.69, 9.17) is 4.74 Å². The van der Waals surface area contributed by atoms with Crippen LogP contribution in [0, 0.1) is 6.92 Å². The zero-order valence-electron chi connectivity index (χ0n) is 18.3. The number of ether oxygens (including phenoxy) is 1. The number of nitrogens with zero attached hydrogens (tertiary/aromatic N) is 3. The molecule has 3 rings (SSSR count). The predicted molar refractivity (Wildman–Crippen MR) is 118 cm³/mol. The maximum atomic E-state index is 12.7. The van der Waals surface area contributed by atoms with E-state index in [1.54, 1.807) is 9.21 Å². The van der Waals surface area contributed by atoms with Crippen molar-refractivity contribution in [2.75, 3.05) is 52.1 Å². The number of hydrogen-bond donors (Lipinski definition) is 0. The van der Waals surface area contributed by atoms with Gasteiger partial charge in [0.25, 0.3) is 5.91 Å². The highest BCUT2D eigenvalue weighted by atomic mass is 32.2. The maximum Gasteiger partial charge on any atom is 0.260 e. The van der Waals surface area contributed by atoms with Gasteiger partial charge >= 0.3 is 0 Å². The van der Waals surface area contributed by atoms with Crippen molar-refractivity contribution in [1.82, 2.24) is 14.1 Å². The molecular weight excluding hydrogens is 402 g/mol. The van der Waals surface area contributed by atoms with Gasteiger partial charge in [-0.05, 0) is 63.4 Å². The first kappa shape index (κ1) is 23.0. The normalized spacial score (nSPS) is 21.0. The van der Waals surface area contributed by atoms with Crippen LogP contribution in [0.3, 0.4) is 0 Å². The summed E-state index contributed by atoms with van der Waals surface area (Å²) in [5, 5.41) is 0. The van der Waals surface area contributed by atoms with Gasteiger partial charge in [-0.25, -0.2) is 8.42 Å². The number of benzene rings is 1. The van der Waals surface area contributed by atoms with Crippen LogP contribution in [0.2, 0.25) is 0 Å². The van der Waals surface area contributed by atoms with E-state index < -0.39 is 10.0 Å². The van der Waals surface area contributed by atoms with E-state index in [1.165, 1.54) is 25.5 Å².